The molecule has 3 aliphatic rings. The molecule has 1 aliphatic heterocycles. The predicted octanol–water partition coefficient (Wildman–Crippen LogP) is 4.27. The van der Waals surface area contributed by atoms with E-state index in [-0.39, 0.29) is 18.2 Å². The zero-order valence-electron chi connectivity index (χ0n) is 14.5. The molecule has 1 saturated carbocycles. The van der Waals surface area contributed by atoms with Crippen LogP contribution in [-0.2, 0) is 20.9 Å². The largest absolute Gasteiger partial charge is 0.461 e. The van der Waals surface area contributed by atoms with Crippen molar-refractivity contribution in [2.75, 3.05) is 0 Å². The quantitative estimate of drug-likeness (QED) is 0.615. The van der Waals surface area contributed by atoms with Gasteiger partial charge in [0, 0.05) is 11.8 Å². The minimum absolute atomic E-state index is 0.00948. The first-order valence-electron chi connectivity index (χ1n) is 9.17. The molecule has 0 amide bonds. The Morgan fingerprint density at radius 2 is 2.00 bits per heavy atom. The van der Waals surface area contributed by atoms with Crippen molar-refractivity contribution in [2.45, 2.75) is 58.3 Å². The van der Waals surface area contributed by atoms with Crippen molar-refractivity contribution in [3.63, 3.8) is 0 Å². The van der Waals surface area contributed by atoms with Gasteiger partial charge in [0.1, 0.15) is 6.10 Å². The van der Waals surface area contributed by atoms with Gasteiger partial charge in [0.2, 0.25) is 0 Å². The smallest absolute Gasteiger partial charge is 0.306 e. The highest BCUT2D eigenvalue weighted by Crippen LogP contribution is 2.50. The lowest BCUT2D eigenvalue weighted by Gasteiger charge is -2.27. The SMILES string of the molecule is CC1=C2C[C@H](OCc3ccccc3)[C@@H](C)[C@@H]2[C@H]2OC(=O)C[C@@H]2CC1. The molecule has 2 fully saturated rings. The fourth-order valence-electron chi connectivity index (χ4n) is 4.85. The topological polar surface area (TPSA) is 35.5 Å². The Kier molecular flexibility index (Phi) is 4.21. The Morgan fingerprint density at radius 1 is 1.21 bits per heavy atom. The van der Waals surface area contributed by atoms with Crippen LogP contribution in [0.1, 0.15) is 45.1 Å². The first-order chi connectivity index (χ1) is 11.6. The van der Waals surface area contributed by atoms with Gasteiger partial charge >= 0.3 is 5.97 Å². The standard InChI is InChI=1S/C21H26O3/c1-13-8-9-16-10-19(22)24-21(16)20-14(2)18(11-17(13)20)23-12-15-6-4-3-5-7-15/h3-7,14,16,18,20-21H,8-12H2,1-2H3/t14-,16+,18+,20+,21+/m1/s1. The van der Waals surface area contributed by atoms with Gasteiger partial charge in [-0.2, -0.15) is 0 Å². The molecule has 4 rings (SSSR count). The number of hydrogen-bond acceptors (Lipinski definition) is 3. The van der Waals surface area contributed by atoms with Gasteiger partial charge in [-0.1, -0.05) is 48.4 Å². The van der Waals surface area contributed by atoms with Gasteiger partial charge < -0.3 is 9.47 Å². The third-order valence-corrected chi connectivity index (χ3v) is 6.24. The van der Waals surface area contributed by atoms with Gasteiger partial charge in [0.15, 0.2) is 0 Å². The maximum atomic E-state index is 11.8. The van der Waals surface area contributed by atoms with Gasteiger partial charge in [-0.05, 0) is 37.7 Å². The molecule has 3 nitrogen and oxygen atoms in total. The fourth-order valence-corrected chi connectivity index (χ4v) is 4.85. The average Bonchev–Trinajstić information content (AvgIpc) is 3.07. The molecule has 0 bridgehead atoms. The summed E-state index contributed by atoms with van der Waals surface area (Å²) in [6.07, 6.45) is 4.07. The van der Waals surface area contributed by atoms with Crippen LogP contribution in [0.4, 0.5) is 0 Å². The number of benzene rings is 1. The number of allylic oxidation sites excluding steroid dienone is 1. The highest BCUT2D eigenvalue weighted by molar-refractivity contribution is 5.72. The average molecular weight is 326 g/mol. The van der Waals surface area contributed by atoms with E-state index >= 15 is 0 Å². The van der Waals surface area contributed by atoms with E-state index in [9.17, 15) is 4.79 Å². The van der Waals surface area contributed by atoms with E-state index in [0.717, 1.165) is 19.3 Å². The van der Waals surface area contributed by atoms with Gasteiger partial charge in [0.25, 0.3) is 0 Å². The molecule has 1 heterocycles. The van der Waals surface area contributed by atoms with Gasteiger partial charge in [-0.25, -0.2) is 0 Å². The Morgan fingerprint density at radius 3 is 2.79 bits per heavy atom. The zero-order chi connectivity index (χ0) is 16.7. The molecule has 24 heavy (non-hydrogen) atoms. The van der Waals surface area contributed by atoms with Crippen molar-refractivity contribution in [1.29, 1.82) is 0 Å². The number of carbonyl (C=O) groups is 1. The fraction of sp³-hybridized carbons (Fsp3) is 0.571. The maximum absolute atomic E-state index is 11.8. The van der Waals surface area contributed by atoms with Crippen molar-refractivity contribution < 1.29 is 14.3 Å². The Balaban J connectivity index is 1.53. The summed E-state index contributed by atoms with van der Waals surface area (Å²) in [5, 5.41) is 0. The van der Waals surface area contributed by atoms with E-state index in [4.69, 9.17) is 9.47 Å². The molecule has 3 heteroatoms. The van der Waals surface area contributed by atoms with Crippen molar-refractivity contribution in [2.24, 2.45) is 17.8 Å². The summed E-state index contributed by atoms with van der Waals surface area (Å²) in [5.41, 5.74) is 4.22. The number of ether oxygens (including phenoxy) is 2. The third kappa shape index (κ3) is 2.79. The van der Waals surface area contributed by atoms with E-state index in [1.54, 1.807) is 0 Å². The summed E-state index contributed by atoms with van der Waals surface area (Å²) < 4.78 is 12.0. The van der Waals surface area contributed by atoms with E-state index in [2.05, 4.69) is 38.1 Å². The second-order valence-corrected chi connectivity index (χ2v) is 7.69. The molecule has 0 unspecified atom stereocenters. The lowest BCUT2D eigenvalue weighted by molar-refractivity contribution is -0.143. The van der Waals surface area contributed by atoms with Crippen LogP contribution in [0, 0.1) is 17.8 Å². The lowest BCUT2D eigenvalue weighted by atomic mass is 9.82. The highest BCUT2D eigenvalue weighted by atomic mass is 16.6. The molecule has 0 spiro atoms. The molecule has 1 aromatic rings. The van der Waals surface area contributed by atoms with Crippen LogP contribution < -0.4 is 0 Å². The zero-order valence-corrected chi connectivity index (χ0v) is 14.5. The summed E-state index contributed by atoms with van der Waals surface area (Å²) in [6.45, 7) is 5.19. The van der Waals surface area contributed by atoms with E-state index in [1.807, 2.05) is 6.07 Å². The molecule has 5 atom stereocenters. The number of rotatable bonds is 3. The van der Waals surface area contributed by atoms with Crippen LogP contribution in [0.5, 0.6) is 0 Å². The number of esters is 1. The van der Waals surface area contributed by atoms with Gasteiger partial charge in [-0.15, -0.1) is 0 Å². The van der Waals surface area contributed by atoms with E-state index in [0.29, 0.717) is 30.8 Å². The van der Waals surface area contributed by atoms with Crippen LogP contribution in [0.3, 0.4) is 0 Å². The molecule has 2 aliphatic carbocycles. The second-order valence-electron chi connectivity index (χ2n) is 7.69. The van der Waals surface area contributed by atoms with E-state index in [1.165, 1.54) is 16.7 Å². The Hall–Kier alpha value is -1.61. The number of fused-ring (bicyclic) bond motifs is 3. The van der Waals surface area contributed by atoms with Crippen LogP contribution in [-0.4, -0.2) is 18.2 Å². The third-order valence-electron chi connectivity index (χ3n) is 6.24. The Bertz CT molecular complexity index is 648. The van der Waals surface area contributed by atoms with Gasteiger partial charge in [0.05, 0.1) is 19.1 Å². The Labute approximate surface area is 144 Å². The predicted molar refractivity (Wildman–Crippen MR) is 92.2 cm³/mol. The normalized spacial score (nSPS) is 35.4. The number of hydrogen-bond donors (Lipinski definition) is 0. The summed E-state index contributed by atoms with van der Waals surface area (Å²) >= 11 is 0. The number of carbonyl (C=O) groups excluding carboxylic acids is 1. The van der Waals surface area contributed by atoms with Crippen molar-refractivity contribution >= 4 is 5.97 Å². The van der Waals surface area contributed by atoms with Crippen molar-refractivity contribution in [3.05, 3.63) is 47.0 Å². The van der Waals surface area contributed by atoms with Crippen LogP contribution in [0.15, 0.2) is 41.5 Å². The summed E-state index contributed by atoms with van der Waals surface area (Å²) in [7, 11) is 0. The molecule has 128 valence electrons. The van der Waals surface area contributed by atoms with E-state index < -0.39 is 0 Å². The minimum atomic E-state index is -0.00948. The summed E-state index contributed by atoms with van der Waals surface area (Å²) in [5.74, 6) is 1.13. The second kappa shape index (κ2) is 6.36. The molecular formula is C21H26O3. The van der Waals surface area contributed by atoms with Crippen LogP contribution in [0.25, 0.3) is 0 Å². The molecule has 0 aromatic heterocycles. The van der Waals surface area contributed by atoms with Crippen molar-refractivity contribution in [1.82, 2.24) is 0 Å². The van der Waals surface area contributed by atoms with Gasteiger partial charge in [-0.3, -0.25) is 4.79 Å². The summed E-state index contributed by atoms with van der Waals surface area (Å²) in [6, 6.07) is 10.3. The molecule has 0 N–H and O–H groups in total. The minimum Gasteiger partial charge on any atom is -0.461 e. The first kappa shape index (κ1) is 15.9. The first-order valence-corrected chi connectivity index (χ1v) is 9.17. The van der Waals surface area contributed by atoms with Crippen molar-refractivity contribution in [3.8, 4) is 0 Å². The molecule has 0 radical (unpaired) electrons. The lowest BCUT2D eigenvalue weighted by Crippen LogP contribution is -2.31. The monoisotopic (exact) mass is 326 g/mol. The highest BCUT2D eigenvalue weighted by Gasteiger charge is 2.50. The van der Waals surface area contributed by atoms with Crippen LogP contribution in [0.2, 0.25) is 0 Å². The molecule has 1 aromatic carbocycles. The molecule has 1 saturated heterocycles. The van der Waals surface area contributed by atoms with Crippen LogP contribution >= 0.6 is 0 Å². The molecular weight excluding hydrogens is 300 g/mol. The maximum Gasteiger partial charge on any atom is 0.306 e. The summed E-state index contributed by atoms with van der Waals surface area (Å²) in [4.78, 5) is 11.8.